The molecule has 138 valence electrons. The van der Waals surface area contributed by atoms with Gasteiger partial charge in [0, 0.05) is 42.7 Å². The number of hydrogen-bond acceptors (Lipinski definition) is 3. The maximum atomic E-state index is 12.2. The third-order valence-corrected chi connectivity index (χ3v) is 5.78. The Balaban J connectivity index is 1.64. The van der Waals surface area contributed by atoms with Gasteiger partial charge in [-0.2, -0.15) is 0 Å². The third kappa shape index (κ3) is 7.25. The van der Waals surface area contributed by atoms with Crippen LogP contribution in [-0.2, 0) is 4.79 Å². The van der Waals surface area contributed by atoms with E-state index in [-0.39, 0.29) is 5.91 Å². The number of thioether (sulfide) groups is 1. The summed E-state index contributed by atoms with van der Waals surface area (Å²) in [7, 11) is 0. The number of aryl methyl sites for hydroxylation is 2. The van der Waals surface area contributed by atoms with Gasteiger partial charge in [0.1, 0.15) is 0 Å². The summed E-state index contributed by atoms with van der Waals surface area (Å²) in [5.41, 5.74) is 4.00. The van der Waals surface area contributed by atoms with Crippen molar-refractivity contribution in [2.24, 2.45) is 0 Å². The summed E-state index contributed by atoms with van der Waals surface area (Å²) in [4.78, 5) is 15.9. The van der Waals surface area contributed by atoms with Gasteiger partial charge in [0.05, 0.1) is 0 Å². The van der Waals surface area contributed by atoms with Crippen molar-refractivity contribution in [3.63, 3.8) is 0 Å². The SMILES string of the molecule is CC(C)=CCN1CCC(NC(=O)CCSc2ccc(C)c(C)c2)CC1. The average molecular weight is 361 g/mol. The van der Waals surface area contributed by atoms with Gasteiger partial charge in [0.2, 0.25) is 5.91 Å². The van der Waals surface area contributed by atoms with E-state index in [9.17, 15) is 4.79 Å². The minimum atomic E-state index is 0.194. The second kappa shape index (κ2) is 10.0. The van der Waals surface area contributed by atoms with Gasteiger partial charge in [-0.1, -0.05) is 17.7 Å². The Morgan fingerprint density at radius 2 is 1.96 bits per heavy atom. The second-order valence-corrected chi connectivity index (χ2v) is 8.44. The Hall–Kier alpha value is -1.26. The summed E-state index contributed by atoms with van der Waals surface area (Å²) < 4.78 is 0. The van der Waals surface area contributed by atoms with Gasteiger partial charge in [0.25, 0.3) is 0 Å². The summed E-state index contributed by atoms with van der Waals surface area (Å²) >= 11 is 1.77. The molecule has 1 aliphatic rings. The highest BCUT2D eigenvalue weighted by Gasteiger charge is 2.19. The predicted molar refractivity (Wildman–Crippen MR) is 108 cm³/mol. The first-order valence-electron chi connectivity index (χ1n) is 9.29. The maximum absolute atomic E-state index is 12.2. The lowest BCUT2D eigenvalue weighted by Crippen LogP contribution is -2.44. The molecule has 1 amide bonds. The highest BCUT2D eigenvalue weighted by Crippen LogP contribution is 2.21. The van der Waals surface area contributed by atoms with Gasteiger partial charge in [-0.15, -0.1) is 11.8 Å². The topological polar surface area (TPSA) is 32.3 Å². The molecule has 1 aliphatic heterocycles. The van der Waals surface area contributed by atoms with E-state index in [1.807, 2.05) is 0 Å². The van der Waals surface area contributed by atoms with E-state index in [1.54, 1.807) is 11.8 Å². The van der Waals surface area contributed by atoms with E-state index in [2.05, 4.69) is 62.2 Å². The molecule has 0 aliphatic carbocycles. The number of nitrogens with one attached hydrogen (secondary N) is 1. The van der Waals surface area contributed by atoms with Crippen molar-refractivity contribution in [1.29, 1.82) is 0 Å². The monoisotopic (exact) mass is 360 g/mol. The second-order valence-electron chi connectivity index (χ2n) is 7.27. The van der Waals surface area contributed by atoms with Gasteiger partial charge in [0.15, 0.2) is 0 Å². The number of carbonyl (C=O) groups excluding carboxylic acids is 1. The van der Waals surface area contributed by atoms with Crippen LogP contribution in [0.2, 0.25) is 0 Å². The van der Waals surface area contributed by atoms with Crippen LogP contribution in [0, 0.1) is 13.8 Å². The molecule has 0 radical (unpaired) electrons. The van der Waals surface area contributed by atoms with Crippen molar-refractivity contribution < 1.29 is 4.79 Å². The number of hydrogen-bond donors (Lipinski definition) is 1. The molecule has 0 bridgehead atoms. The van der Waals surface area contributed by atoms with Gasteiger partial charge >= 0.3 is 0 Å². The molecule has 0 spiro atoms. The van der Waals surface area contributed by atoms with Gasteiger partial charge < -0.3 is 5.32 Å². The van der Waals surface area contributed by atoms with E-state index in [0.717, 1.165) is 38.2 Å². The summed E-state index contributed by atoms with van der Waals surface area (Å²) in [6.07, 6.45) is 5.00. The lowest BCUT2D eigenvalue weighted by molar-refractivity contribution is -0.121. The molecule has 0 saturated carbocycles. The Morgan fingerprint density at radius 1 is 1.24 bits per heavy atom. The molecule has 0 unspecified atom stereocenters. The summed E-state index contributed by atoms with van der Waals surface area (Å²) in [6, 6.07) is 6.86. The van der Waals surface area contributed by atoms with Crippen LogP contribution in [0.5, 0.6) is 0 Å². The fraction of sp³-hybridized carbons (Fsp3) is 0.571. The van der Waals surface area contributed by atoms with E-state index >= 15 is 0 Å². The van der Waals surface area contributed by atoms with Gasteiger partial charge in [-0.3, -0.25) is 9.69 Å². The molecule has 1 heterocycles. The molecular weight excluding hydrogens is 328 g/mol. The fourth-order valence-corrected chi connectivity index (χ4v) is 3.88. The zero-order valence-electron chi connectivity index (χ0n) is 16.1. The van der Waals surface area contributed by atoms with Crippen molar-refractivity contribution in [3.8, 4) is 0 Å². The molecule has 4 heteroatoms. The van der Waals surface area contributed by atoms with Crippen molar-refractivity contribution >= 4 is 17.7 Å². The van der Waals surface area contributed by atoms with E-state index in [0.29, 0.717) is 12.5 Å². The quantitative estimate of drug-likeness (QED) is 0.580. The van der Waals surface area contributed by atoms with Crippen LogP contribution in [0.15, 0.2) is 34.7 Å². The van der Waals surface area contributed by atoms with Crippen molar-refractivity contribution in [1.82, 2.24) is 10.2 Å². The van der Waals surface area contributed by atoms with Crippen molar-refractivity contribution in [2.75, 3.05) is 25.4 Å². The highest BCUT2D eigenvalue weighted by atomic mass is 32.2. The van der Waals surface area contributed by atoms with Crippen LogP contribution >= 0.6 is 11.8 Å². The normalized spacial score (nSPS) is 15.8. The van der Waals surface area contributed by atoms with Crippen LogP contribution in [0.25, 0.3) is 0 Å². The van der Waals surface area contributed by atoms with Crippen LogP contribution in [-0.4, -0.2) is 42.2 Å². The number of piperidine rings is 1. The van der Waals surface area contributed by atoms with E-state index < -0.39 is 0 Å². The highest BCUT2D eigenvalue weighted by molar-refractivity contribution is 7.99. The molecule has 3 nitrogen and oxygen atoms in total. The number of allylic oxidation sites excluding steroid dienone is 1. The molecule has 25 heavy (non-hydrogen) atoms. The van der Waals surface area contributed by atoms with Crippen LogP contribution < -0.4 is 5.32 Å². The Labute approximate surface area is 157 Å². The average Bonchev–Trinajstić information content (AvgIpc) is 2.57. The van der Waals surface area contributed by atoms with Crippen LogP contribution in [0.3, 0.4) is 0 Å². The molecule has 1 saturated heterocycles. The smallest absolute Gasteiger partial charge is 0.221 e. The number of carbonyl (C=O) groups is 1. The molecule has 1 aromatic carbocycles. The largest absolute Gasteiger partial charge is 0.353 e. The number of benzene rings is 1. The Bertz CT molecular complexity index is 600. The van der Waals surface area contributed by atoms with Gasteiger partial charge in [-0.05, 0) is 63.8 Å². The number of rotatable bonds is 7. The molecule has 0 aromatic heterocycles. The van der Waals surface area contributed by atoms with Crippen molar-refractivity contribution in [2.45, 2.75) is 57.9 Å². The third-order valence-electron chi connectivity index (χ3n) is 4.79. The Morgan fingerprint density at radius 3 is 2.60 bits per heavy atom. The number of likely N-dealkylation sites (tertiary alicyclic amines) is 1. The predicted octanol–water partition coefficient (Wildman–Crippen LogP) is 4.33. The van der Waals surface area contributed by atoms with Crippen molar-refractivity contribution in [3.05, 3.63) is 41.0 Å². The van der Waals surface area contributed by atoms with Crippen LogP contribution in [0.1, 0.15) is 44.2 Å². The molecule has 1 N–H and O–H groups in total. The maximum Gasteiger partial charge on any atom is 0.221 e. The lowest BCUT2D eigenvalue weighted by atomic mass is 10.0. The first-order chi connectivity index (χ1) is 11.9. The first-order valence-corrected chi connectivity index (χ1v) is 10.3. The zero-order chi connectivity index (χ0) is 18.2. The molecule has 2 rings (SSSR count). The summed E-state index contributed by atoms with van der Waals surface area (Å²) in [6.45, 7) is 11.7. The lowest BCUT2D eigenvalue weighted by Gasteiger charge is -2.31. The Kier molecular flexibility index (Phi) is 8.04. The first kappa shape index (κ1) is 20.1. The number of amides is 1. The minimum Gasteiger partial charge on any atom is -0.353 e. The standard InChI is InChI=1S/C21H32N2OS/c1-16(2)7-11-23-12-8-19(9-13-23)22-21(24)10-14-25-20-6-5-17(3)18(4)15-20/h5-7,15,19H,8-14H2,1-4H3,(H,22,24). The molecule has 1 fully saturated rings. The number of nitrogens with zero attached hydrogens (tertiary/aromatic N) is 1. The molecule has 0 atom stereocenters. The minimum absolute atomic E-state index is 0.194. The summed E-state index contributed by atoms with van der Waals surface area (Å²) in [5.74, 6) is 1.03. The van der Waals surface area contributed by atoms with Gasteiger partial charge in [-0.25, -0.2) is 0 Å². The van der Waals surface area contributed by atoms with Crippen LogP contribution in [0.4, 0.5) is 0 Å². The van der Waals surface area contributed by atoms with E-state index in [1.165, 1.54) is 21.6 Å². The fourth-order valence-electron chi connectivity index (χ4n) is 2.94. The van der Waals surface area contributed by atoms with E-state index in [4.69, 9.17) is 0 Å². The summed E-state index contributed by atoms with van der Waals surface area (Å²) in [5, 5.41) is 3.22. The zero-order valence-corrected chi connectivity index (χ0v) is 16.9. The molecular formula is C21H32N2OS. The molecule has 1 aromatic rings.